The Morgan fingerprint density at radius 3 is 2.70 bits per heavy atom. The molecule has 0 atom stereocenters. The smallest absolute Gasteiger partial charge is 0.190 e. The summed E-state index contributed by atoms with van der Waals surface area (Å²) >= 11 is 0. The van der Waals surface area contributed by atoms with Crippen LogP contribution in [0.3, 0.4) is 0 Å². The lowest BCUT2D eigenvalue weighted by Crippen LogP contribution is -2.39. The minimum atomic E-state index is 0. The Balaban J connectivity index is 0.00000264. The highest BCUT2D eigenvalue weighted by atomic mass is 127. The Labute approximate surface area is 156 Å². The van der Waals surface area contributed by atoms with Crippen molar-refractivity contribution >= 4 is 29.9 Å². The molecule has 1 aromatic heterocycles. The number of ether oxygens (including phenoxy) is 1. The first kappa shape index (κ1) is 20.2. The first-order chi connectivity index (χ1) is 10.9. The molecule has 0 unspecified atom stereocenters. The zero-order chi connectivity index (χ0) is 15.5. The second-order valence-electron chi connectivity index (χ2n) is 5.42. The molecule has 1 aliphatic rings. The maximum Gasteiger partial charge on any atom is 0.190 e. The predicted octanol–water partition coefficient (Wildman–Crippen LogP) is 1.72. The van der Waals surface area contributed by atoms with Crippen molar-refractivity contribution in [2.45, 2.75) is 19.3 Å². The summed E-state index contributed by atoms with van der Waals surface area (Å²) in [5.74, 6) is 1.85. The highest BCUT2D eigenvalue weighted by Crippen LogP contribution is 2.00. The molecular formula is C16H29IN4O2. The zero-order valence-corrected chi connectivity index (χ0v) is 16.3. The maximum absolute atomic E-state index is 5.35. The van der Waals surface area contributed by atoms with E-state index in [9.17, 15) is 0 Å². The first-order valence-electron chi connectivity index (χ1n) is 8.15. The number of hydrogen-bond donors (Lipinski definition) is 2. The number of rotatable bonds is 8. The fourth-order valence-electron chi connectivity index (χ4n) is 2.47. The Morgan fingerprint density at radius 1 is 1.22 bits per heavy atom. The fourth-order valence-corrected chi connectivity index (χ4v) is 2.47. The molecule has 1 fully saturated rings. The van der Waals surface area contributed by atoms with Crippen molar-refractivity contribution in [1.29, 1.82) is 0 Å². The standard InChI is InChI=1S/C16H28N4O2.HI/c1-17-16(19-8-6-15-5-4-12-22-15)18-7-2-3-9-20-10-13-21-14-11-20;/h4-5,12H,2-3,6-11,13-14H2,1H3,(H2,17,18,19);1H. The molecule has 0 aromatic carbocycles. The van der Waals surface area contributed by atoms with Crippen LogP contribution in [0.1, 0.15) is 18.6 Å². The number of aliphatic imine (C=N–C) groups is 1. The van der Waals surface area contributed by atoms with Gasteiger partial charge in [-0.2, -0.15) is 0 Å². The lowest BCUT2D eigenvalue weighted by molar-refractivity contribution is 0.0372. The second-order valence-corrected chi connectivity index (χ2v) is 5.42. The molecule has 2 heterocycles. The Hall–Kier alpha value is -0.800. The van der Waals surface area contributed by atoms with Crippen LogP contribution >= 0.6 is 24.0 Å². The topological polar surface area (TPSA) is 62.0 Å². The van der Waals surface area contributed by atoms with Gasteiger partial charge in [0.2, 0.25) is 0 Å². The molecule has 2 N–H and O–H groups in total. The predicted molar refractivity (Wildman–Crippen MR) is 104 cm³/mol. The number of unbranched alkanes of at least 4 members (excludes halogenated alkanes) is 1. The summed E-state index contributed by atoms with van der Waals surface area (Å²) < 4.78 is 10.7. The molecule has 0 saturated carbocycles. The molecule has 1 aliphatic heterocycles. The molecule has 0 amide bonds. The third kappa shape index (κ3) is 8.57. The van der Waals surface area contributed by atoms with Crippen LogP contribution in [-0.2, 0) is 11.2 Å². The average Bonchev–Trinajstić information content (AvgIpc) is 3.07. The SMILES string of the molecule is CN=C(NCCCCN1CCOCC1)NCCc1ccco1.I. The van der Waals surface area contributed by atoms with Gasteiger partial charge in [-0.05, 0) is 31.5 Å². The van der Waals surface area contributed by atoms with Crippen molar-refractivity contribution in [3.05, 3.63) is 24.2 Å². The number of halogens is 1. The summed E-state index contributed by atoms with van der Waals surface area (Å²) in [6, 6.07) is 3.90. The normalized spacial score (nSPS) is 16.0. The van der Waals surface area contributed by atoms with Crippen LogP contribution in [0, 0.1) is 0 Å². The molecule has 0 radical (unpaired) electrons. The van der Waals surface area contributed by atoms with Gasteiger partial charge in [0.25, 0.3) is 0 Å². The monoisotopic (exact) mass is 436 g/mol. The molecule has 7 heteroatoms. The minimum absolute atomic E-state index is 0. The Kier molecular flexibility index (Phi) is 11.1. The van der Waals surface area contributed by atoms with Gasteiger partial charge >= 0.3 is 0 Å². The summed E-state index contributed by atoms with van der Waals surface area (Å²) in [7, 11) is 1.80. The van der Waals surface area contributed by atoms with Crippen LogP contribution in [0.15, 0.2) is 27.8 Å². The average molecular weight is 436 g/mol. The van der Waals surface area contributed by atoms with Gasteiger partial charge in [0.15, 0.2) is 5.96 Å². The van der Waals surface area contributed by atoms with Gasteiger partial charge in [-0.3, -0.25) is 9.89 Å². The molecular weight excluding hydrogens is 407 g/mol. The Morgan fingerprint density at radius 2 is 2.00 bits per heavy atom. The number of nitrogens with one attached hydrogen (secondary N) is 2. The van der Waals surface area contributed by atoms with Gasteiger partial charge in [0.1, 0.15) is 5.76 Å². The van der Waals surface area contributed by atoms with E-state index in [4.69, 9.17) is 9.15 Å². The van der Waals surface area contributed by atoms with Gasteiger partial charge in [-0.1, -0.05) is 0 Å². The molecule has 2 rings (SSSR count). The van der Waals surface area contributed by atoms with E-state index in [1.807, 2.05) is 12.1 Å². The van der Waals surface area contributed by atoms with Crippen molar-refractivity contribution in [2.75, 3.05) is 53.0 Å². The number of furan rings is 1. The highest BCUT2D eigenvalue weighted by molar-refractivity contribution is 14.0. The summed E-state index contributed by atoms with van der Waals surface area (Å²) in [6.45, 7) is 6.84. The van der Waals surface area contributed by atoms with Crippen LogP contribution in [0.5, 0.6) is 0 Å². The molecule has 23 heavy (non-hydrogen) atoms. The molecule has 0 bridgehead atoms. The van der Waals surface area contributed by atoms with E-state index in [2.05, 4.69) is 20.5 Å². The van der Waals surface area contributed by atoms with E-state index >= 15 is 0 Å². The first-order valence-corrected chi connectivity index (χ1v) is 8.15. The van der Waals surface area contributed by atoms with Crippen molar-refractivity contribution in [2.24, 2.45) is 4.99 Å². The van der Waals surface area contributed by atoms with Crippen molar-refractivity contribution < 1.29 is 9.15 Å². The van der Waals surface area contributed by atoms with Crippen LogP contribution in [0.2, 0.25) is 0 Å². The van der Waals surface area contributed by atoms with E-state index in [1.165, 1.54) is 6.42 Å². The maximum atomic E-state index is 5.35. The summed E-state index contributed by atoms with van der Waals surface area (Å²) in [6.07, 6.45) is 4.92. The van der Waals surface area contributed by atoms with E-state index in [-0.39, 0.29) is 24.0 Å². The van der Waals surface area contributed by atoms with Crippen LogP contribution in [-0.4, -0.2) is 63.8 Å². The molecule has 1 saturated heterocycles. The molecule has 132 valence electrons. The van der Waals surface area contributed by atoms with E-state index < -0.39 is 0 Å². The second kappa shape index (κ2) is 12.6. The lowest BCUT2D eigenvalue weighted by Gasteiger charge is -2.26. The number of guanidine groups is 1. The van der Waals surface area contributed by atoms with E-state index in [1.54, 1.807) is 13.3 Å². The highest BCUT2D eigenvalue weighted by Gasteiger charge is 2.09. The molecule has 1 aromatic rings. The van der Waals surface area contributed by atoms with Crippen LogP contribution < -0.4 is 10.6 Å². The number of hydrogen-bond acceptors (Lipinski definition) is 4. The van der Waals surface area contributed by atoms with Gasteiger partial charge in [0.05, 0.1) is 19.5 Å². The summed E-state index contributed by atoms with van der Waals surface area (Å²) in [5, 5.41) is 6.65. The van der Waals surface area contributed by atoms with Gasteiger partial charge in [0, 0.05) is 39.6 Å². The summed E-state index contributed by atoms with van der Waals surface area (Å²) in [5.41, 5.74) is 0. The third-order valence-electron chi connectivity index (χ3n) is 3.76. The van der Waals surface area contributed by atoms with Crippen LogP contribution in [0.25, 0.3) is 0 Å². The Bertz CT molecular complexity index is 420. The van der Waals surface area contributed by atoms with Crippen molar-refractivity contribution in [1.82, 2.24) is 15.5 Å². The lowest BCUT2D eigenvalue weighted by atomic mass is 10.2. The summed E-state index contributed by atoms with van der Waals surface area (Å²) in [4.78, 5) is 6.70. The number of nitrogens with zero attached hydrogens (tertiary/aromatic N) is 2. The van der Waals surface area contributed by atoms with Gasteiger partial charge in [-0.15, -0.1) is 24.0 Å². The van der Waals surface area contributed by atoms with E-state index in [0.717, 1.165) is 70.5 Å². The third-order valence-corrected chi connectivity index (χ3v) is 3.76. The quantitative estimate of drug-likeness (QED) is 0.281. The van der Waals surface area contributed by atoms with Crippen molar-refractivity contribution in [3.63, 3.8) is 0 Å². The number of morpholine rings is 1. The largest absolute Gasteiger partial charge is 0.469 e. The zero-order valence-electron chi connectivity index (χ0n) is 13.9. The fraction of sp³-hybridized carbons (Fsp3) is 0.688. The molecule has 0 aliphatic carbocycles. The van der Waals surface area contributed by atoms with Gasteiger partial charge in [-0.25, -0.2) is 0 Å². The van der Waals surface area contributed by atoms with Crippen LogP contribution in [0.4, 0.5) is 0 Å². The minimum Gasteiger partial charge on any atom is -0.469 e. The van der Waals surface area contributed by atoms with Gasteiger partial charge < -0.3 is 19.8 Å². The molecule has 0 spiro atoms. The van der Waals surface area contributed by atoms with E-state index in [0.29, 0.717) is 0 Å². The van der Waals surface area contributed by atoms with Crippen molar-refractivity contribution in [3.8, 4) is 0 Å². The molecule has 6 nitrogen and oxygen atoms in total.